The van der Waals surface area contributed by atoms with E-state index in [1.165, 1.54) is 11.8 Å². The summed E-state index contributed by atoms with van der Waals surface area (Å²) in [6.07, 6.45) is 2.91. The van der Waals surface area contributed by atoms with E-state index < -0.39 is 9.84 Å². The van der Waals surface area contributed by atoms with Crippen molar-refractivity contribution in [3.63, 3.8) is 0 Å². The Morgan fingerprint density at radius 3 is 2.39 bits per heavy atom. The Kier molecular flexibility index (Phi) is 6.32. The van der Waals surface area contributed by atoms with Crippen LogP contribution in [0, 0.1) is 5.92 Å². The van der Waals surface area contributed by atoms with E-state index in [0.29, 0.717) is 12.3 Å². The van der Waals surface area contributed by atoms with E-state index in [-0.39, 0.29) is 5.75 Å². The van der Waals surface area contributed by atoms with Crippen LogP contribution in [-0.2, 0) is 16.3 Å². The number of rotatable bonds is 7. The van der Waals surface area contributed by atoms with Gasteiger partial charge in [-0.3, -0.25) is 0 Å². The smallest absolute Gasteiger partial charge is 0.147 e. The minimum Gasteiger partial charge on any atom is -0.319 e. The van der Waals surface area contributed by atoms with Crippen molar-refractivity contribution < 1.29 is 8.42 Å². The normalized spacial score (nSPS) is 13.5. The Balaban J connectivity index is 2.59. The van der Waals surface area contributed by atoms with Gasteiger partial charge in [0.25, 0.3) is 0 Å². The Labute approximate surface area is 118 Å². The molecule has 3 nitrogen and oxygen atoms in total. The zero-order chi connectivity index (χ0) is 13.6. The van der Waals surface area contributed by atoms with Gasteiger partial charge >= 0.3 is 0 Å². The molecule has 0 radical (unpaired) electrons. The molecule has 0 aromatic heterocycles. The second-order valence-corrected chi connectivity index (χ2v) is 7.85. The standard InChI is InChI=1S/C13H20BrNO2S/c1-15-10-12(7-8-18(2,16)17)9-11-3-5-13(14)6-4-11/h3-6,12,15H,7-10H2,1-2H3. The maximum atomic E-state index is 11.2. The highest BCUT2D eigenvalue weighted by molar-refractivity contribution is 9.10. The number of benzene rings is 1. The van der Waals surface area contributed by atoms with Gasteiger partial charge in [-0.25, -0.2) is 8.42 Å². The van der Waals surface area contributed by atoms with Crippen molar-refractivity contribution in [1.29, 1.82) is 0 Å². The third-order valence-corrected chi connectivity index (χ3v) is 4.33. The molecule has 1 N–H and O–H groups in total. The van der Waals surface area contributed by atoms with Gasteiger partial charge in [-0.05, 0) is 50.0 Å². The lowest BCUT2D eigenvalue weighted by Crippen LogP contribution is -2.23. The fraction of sp³-hybridized carbons (Fsp3) is 0.538. The van der Waals surface area contributed by atoms with Crippen LogP contribution in [0.4, 0.5) is 0 Å². The molecule has 0 saturated heterocycles. The van der Waals surface area contributed by atoms with Crippen LogP contribution in [0.5, 0.6) is 0 Å². The van der Waals surface area contributed by atoms with E-state index in [1.54, 1.807) is 0 Å². The summed E-state index contributed by atoms with van der Waals surface area (Å²) in [7, 11) is -0.974. The van der Waals surface area contributed by atoms with Crippen molar-refractivity contribution in [1.82, 2.24) is 5.32 Å². The number of hydrogen-bond acceptors (Lipinski definition) is 3. The average molecular weight is 334 g/mol. The zero-order valence-electron chi connectivity index (χ0n) is 10.8. The molecule has 1 rings (SSSR count). The fourth-order valence-electron chi connectivity index (χ4n) is 1.90. The Hall–Kier alpha value is -0.390. The first-order valence-corrected chi connectivity index (χ1v) is 8.83. The molecule has 1 aromatic rings. The predicted octanol–water partition coefficient (Wildman–Crippen LogP) is 2.26. The van der Waals surface area contributed by atoms with Crippen LogP contribution in [0.1, 0.15) is 12.0 Å². The molecule has 5 heteroatoms. The summed E-state index contributed by atoms with van der Waals surface area (Å²) in [5, 5.41) is 3.13. The molecule has 1 unspecified atom stereocenters. The first kappa shape index (κ1) is 15.7. The lowest BCUT2D eigenvalue weighted by atomic mass is 9.97. The number of nitrogens with one attached hydrogen (secondary N) is 1. The van der Waals surface area contributed by atoms with Crippen molar-refractivity contribution in [2.75, 3.05) is 25.6 Å². The van der Waals surface area contributed by atoms with Gasteiger partial charge in [-0.2, -0.15) is 0 Å². The van der Waals surface area contributed by atoms with Crippen LogP contribution < -0.4 is 5.32 Å². The van der Waals surface area contributed by atoms with Crippen LogP contribution in [0.3, 0.4) is 0 Å². The molecule has 0 aliphatic rings. The molecule has 1 atom stereocenters. The first-order chi connectivity index (χ1) is 8.40. The van der Waals surface area contributed by atoms with E-state index >= 15 is 0 Å². The molecule has 0 fully saturated rings. The Morgan fingerprint density at radius 2 is 1.89 bits per heavy atom. The van der Waals surface area contributed by atoms with Gasteiger partial charge in [0, 0.05) is 10.7 Å². The van der Waals surface area contributed by atoms with Gasteiger partial charge in [-0.1, -0.05) is 28.1 Å². The summed E-state index contributed by atoms with van der Waals surface area (Å²) in [6.45, 7) is 0.839. The highest BCUT2D eigenvalue weighted by Crippen LogP contribution is 2.16. The summed E-state index contributed by atoms with van der Waals surface area (Å²) in [6, 6.07) is 8.19. The SMILES string of the molecule is CNCC(CCS(C)(=O)=O)Cc1ccc(Br)cc1. The van der Waals surface area contributed by atoms with E-state index in [4.69, 9.17) is 0 Å². The van der Waals surface area contributed by atoms with Crippen LogP contribution in [0.15, 0.2) is 28.7 Å². The molecule has 18 heavy (non-hydrogen) atoms. The number of halogens is 1. The van der Waals surface area contributed by atoms with E-state index in [9.17, 15) is 8.42 Å². The van der Waals surface area contributed by atoms with Gasteiger partial charge in [0.05, 0.1) is 5.75 Å². The lowest BCUT2D eigenvalue weighted by Gasteiger charge is -2.16. The van der Waals surface area contributed by atoms with Crippen molar-refractivity contribution in [2.45, 2.75) is 12.8 Å². The zero-order valence-corrected chi connectivity index (χ0v) is 13.2. The van der Waals surface area contributed by atoms with Crippen molar-refractivity contribution in [3.05, 3.63) is 34.3 Å². The van der Waals surface area contributed by atoms with E-state index in [1.807, 2.05) is 19.2 Å². The van der Waals surface area contributed by atoms with Crippen LogP contribution in [-0.4, -0.2) is 34.0 Å². The van der Waals surface area contributed by atoms with Crippen molar-refractivity contribution in [2.24, 2.45) is 5.92 Å². The lowest BCUT2D eigenvalue weighted by molar-refractivity contribution is 0.478. The van der Waals surface area contributed by atoms with Crippen LogP contribution >= 0.6 is 15.9 Å². The fourth-order valence-corrected chi connectivity index (χ4v) is 2.93. The molecule has 0 spiro atoms. The average Bonchev–Trinajstić information content (AvgIpc) is 2.28. The molecular formula is C13H20BrNO2S. The predicted molar refractivity (Wildman–Crippen MR) is 79.6 cm³/mol. The molecule has 0 amide bonds. The molecule has 0 aliphatic carbocycles. The van der Waals surface area contributed by atoms with Gasteiger partial charge in [-0.15, -0.1) is 0 Å². The summed E-state index contributed by atoms with van der Waals surface area (Å²) in [5.74, 6) is 0.612. The molecule has 1 aromatic carbocycles. The monoisotopic (exact) mass is 333 g/mol. The molecule has 102 valence electrons. The first-order valence-electron chi connectivity index (χ1n) is 5.97. The summed E-state index contributed by atoms with van der Waals surface area (Å²) < 4.78 is 23.5. The van der Waals surface area contributed by atoms with Gasteiger partial charge in [0.15, 0.2) is 0 Å². The minimum absolute atomic E-state index is 0.260. The molecular weight excluding hydrogens is 314 g/mol. The summed E-state index contributed by atoms with van der Waals surface area (Å²) >= 11 is 3.41. The van der Waals surface area contributed by atoms with Crippen molar-refractivity contribution >= 4 is 25.8 Å². The Bertz CT molecular complexity index is 456. The second-order valence-electron chi connectivity index (χ2n) is 4.67. The van der Waals surface area contributed by atoms with Gasteiger partial charge in [0.2, 0.25) is 0 Å². The third-order valence-electron chi connectivity index (χ3n) is 2.83. The minimum atomic E-state index is -2.87. The quantitative estimate of drug-likeness (QED) is 0.832. The maximum absolute atomic E-state index is 11.2. The Morgan fingerprint density at radius 1 is 1.28 bits per heavy atom. The van der Waals surface area contributed by atoms with Gasteiger partial charge < -0.3 is 5.32 Å². The molecule has 0 heterocycles. The largest absolute Gasteiger partial charge is 0.319 e. The second kappa shape index (κ2) is 7.26. The maximum Gasteiger partial charge on any atom is 0.147 e. The van der Waals surface area contributed by atoms with E-state index in [0.717, 1.165) is 17.4 Å². The van der Waals surface area contributed by atoms with Gasteiger partial charge in [0.1, 0.15) is 9.84 Å². The number of sulfone groups is 1. The highest BCUT2D eigenvalue weighted by atomic mass is 79.9. The molecule has 0 aliphatic heterocycles. The molecule has 0 bridgehead atoms. The topological polar surface area (TPSA) is 46.2 Å². The number of hydrogen-bond donors (Lipinski definition) is 1. The van der Waals surface area contributed by atoms with Crippen LogP contribution in [0.2, 0.25) is 0 Å². The summed E-state index contributed by atoms with van der Waals surface area (Å²) in [5.41, 5.74) is 1.24. The molecule has 0 saturated carbocycles. The summed E-state index contributed by atoms with van der Waals surface area (Å²) in [4.78, 5) is 0. The van der Waals surface area contributed by atoms with Crippen LogP contribution in [0.25, 0.3) is 0 Å². The third kappa shape index (κ3) is 6.52. The van der Waals surface area contributed by atoms with Crippen molar-refractivity contribution in [3.8, 4) is 0 Å². The van der Waals surface area contributed by atoms with E-state index in [2.05, 4.69) is 33.4 Å². The highest BCUT2D eigenvalue weighted by Gasteiger charge is 2.12.